The summed E-state index contributed by atoms with van der Waals surface area (Å²) >= 11 is 0. The van der Waals surface area contributed by atoms with Crippen LogP contribution >= 0.6 is 0 Å². The molecule has 124 valence electrons. The summed E-state index contributed by atoms with van der Waals surface area (Å²) in [6, 6.07) is 9.56. The van der Waals surface area contributed by atoms with Crippen molar-refractivity contribution in [3.63, 3.8) is 0 Å². The first-order chi connectivity index (χ1) is 10.9. The molecule has 0 spiro atoms. The highest BCUT2D eigenvalue weighted by Crippen LogP contribution is 2.24. The average molecular weight is 317 g/mol. The van der Waals surface area contributed by atoms with Crippen LogP contribution in [0.2, 0.25) is 0 Å². The van der Waals surface area contributed by atoms with Gasteiger partial charge in [0.15, 0.2) is 6.73 Å². The van der Waals surface area contributed by atoms with Crippen LogP contribution in [0, 0.1) is 0 Å². The topological polar surface area (TPSA) is 76.4 Å². The number of aliphatic hydroxyl groups excluding tert-OH is 1. The molecule has 0 aliphatic heterocycles. The Balaban J connectivity index is 1.91. The van der Waals surface area contributed by atoms with Gasteiger partial charge in [-0.05, 0) is 29.2 Å². The quantitative estimate of drug-likeness (QED) is 0.853. The highest BCUT2D eigenvalue weighted by molar-refractivity contribution is 5.92. The third-order valence-electron chi connectivity index (χ3n) is 3.35. The number of aliphatic hydroxyl groups is 1. The summed E-state index contributed by atoms with van der Waals surface area (Å²) in [6.45, 7) is 6.83. The highest BCUT2D eigenvalue weighted by atomic mass is 16.5. The summed E-state index contributed by atoms with van der Waals surface area (Å²) < 4.78 is 7.21. The Bertz CT molecular complexity index is 642. The summed E-state index contributed by atoms with van der Waals surface area (Å²) in [5.41, 5.74) is 1.65. The van der Waals surface area contributed by atoms with E-state index in [0.29, 0.717) is 5.69 Å². The number of amides is 1. The summed E-state index contributed by atoms with van der Waals surface area (Å²) in [4.78, 5) is 11.7. The van der Waals surface area contributed by atoms with Gasteiger partial charge in [0, 0.05) is 12.7 Å². The molecule has 2 aromatic rings. The maximum atomic E-state index is 11.7. The van der Waals surface area contributed by atoms with Gasteiger partial charge >= 0.3 is 0 Å². The number of benzene rings is 1. The molecule has 2 rings (SSSR count). The van der Waals surface area contributed by atoms with Gasteiger partial charge in [0.05, 0.1) is 6.61 Å². The van der Waals surface area contributed by atoms with E-state index in [1.54, 1.807) is 16.9 Å². The molecule has 1 amide bonds. The SMILES string of the molecule is CC(C)(C)c1ccc(OCn2ccc(C(=O)NCCO)n2)cc1. The van der Waals surface area contributed by atoms with Crippen LogP contribution in [0.1, 0.15) is 36.8 Å². The van der Waals surface area contributed by atoms with Crippen molar-refractivity contribution in [2.45, 2.75) is 32.9 Å². The number of nitrogens with zero attached hydrogens (tertiary/aromatic N) is 2. The summed E-state index contributed by atoms with van der Waals surface area (Å²) in [7, 11) is 0. The minimum absolute atomic E-state index is 0.0971. The molecule has 0 fully saturated rings. The zero-order valence-electron chi connectivity index (χ0n) is 13.7. The molecule has 0 unspecified atom stereocenters. The van der Waals surface area contributed by atoms with Gasteiger partial charge in [0.2, 0.25) is 0 Å². The second-order valence-electron chi connectivity index (χ2n) is 6.27. The first-order valence-electron chi connectivity index (χ1n) is 7.56. The molecule has 0 atom stereocenters. The van der Waals surface area contributed by atoms with Gasteiger partial charge < -0.3 is 15.2 Å². The van der Waals surface area contributed by atoms with Crippen molar-refractivity contribution in [3.05, 3.63) is 47.8 Å². The van der Waals surface area contributed by atoms with Gasteiger partial charge in [-0.3, -0.25) is 4.79 Å². The van der Waals surface area contributed by atoms with Gasteiger partial charge in [-0.1, -0.05) is 32.9 Å². The second kappa shape index (κ2) is 7.28. The number of nitrogens with one attached hydrogen (secondary N) is 1. The molecule has 1 aromatic carbocycles. The first-order valence-corrected chi connectivity index (χ1v) is 7.56. The number of carbonyl (C=O) groups excluding carboxylic acids is 1. The fourth-order valence-corrected chi connectivity index (χ4v) is 2.01. The molecule has 0 saturated carbocycles. The Morgan fingerprint density at radius 3 is 2.57 bits per heavy atom. The van der Waals surface area contributed by atoms with Crippen molar-refractivity contribution >= 4 is 5.91 Å². The van der Waals surface area contributed by atoms with E-state index in [4.69, 9.17) is 9.84 Å². The lowest BCUT2D eigenvalue weighted by Gasteiger charge is -2.19. The molecule has 6 heteroatoms. The largest absolute Gasteiger partial charge is 0.471 e. The zero-order valence-corrected chi connectivity index (χ0v) is 13.7. The monoisotopic (exact) mass is 317 g/mol. The maximum Gasteiger partial charge on any atom is 0.271 e. The third-order valence-corrected chi connectivity index (χ3v) is 3.35. The molecular weight excluding hydrogens is 294 g/mol. The summed E-state index contributed by atoms with van der Waals surface area (Å²) in [5.74, 6) is 0.437. The van der Waals surface area contributed by atoms with Crippen LogP contribution in [-0.4, -0.2) is 33.9 Å². The fraction of sp³-hybridized carbons (Fsp3) is 0.412. The van der Waals surface area contributed by atoms with Crippen LogP contribution < -0.4 is 10.1 Å². The fourth-order valence-electron chi connectivity index (χ4n) is 2.01. The molecule has 2 N–H and O–H groups in total. The van der Waals surface area contributed by atoms with Crippen LogP contribution in [0.5, 0.6) is 5.75 Å². The predicted octanol–water partition coefficient (Wildman–Crippen LogP) is 1.94. The van der Waals surface area contributed by atoms with Crippen LogP contribution in [-0.2, 0) is 12.1 Å². The molecule has 1 heterocycles. The molecule has 0 aliphatic rings. The standard InChI is InChI=1S/C17H23N3O3/c1-17(2,3)13-4-6-14(7-5-13)23-12-20-10-8-15(19-20)16(22)18-9-11-21/h4-8,10,21H,9,11-12H2,1-3H3,(H,18,22). The van der Waals surface area contributed by atoms with Crippen LogP contribution in [0.15, 0.2) is 36.5 Å². The van der Waals surface area contributed by atoms with Crippen molar-refractivity contribution in [2.24, 2.45) is 0 Å². The highest BCUT2D eigenvalue weighted by Gasteiger charge is 2.13. The predicted molar refractivity (Wildman–Crippen MR) is 87.4 cm³/mol. The van der Waals surface area contributed by atoms with Gasteiger partial charge in [0.25, 0.3) is 5.91 Å². The van der Waals surface area contributed by atoms with E-state index < -0.39 is 0 Å². The number of hydrogen-bond acceptors (Lipinski definition) is 4. The van der Waals surface area contributed by atoms with E-state index in [9.17, 15) is 4.79 Å². The molecule has 23 heavy (non-hydrogen) atoms. The van der Waals surface area contributed by atoms with Crippen LogP contribution in [0.4, 0.5) is 0 Å². The molecule has 0 bridgehead atoms. The van der Waals surface area contributed by atoms with E-state index in [1.165, 1.54) is 5.56 Å². The Hall–Kier alpha value is -2.34. The molecule has 0 radical (unpaired) electrons. The molecule has 1 aromatic heterocycles. The maximum absolute atomic E-state index is 11.7. The summed E-state index contributed by atoms with van der Waals surface area (Å²) in [6.07, 6.45) is 1.68. The smallest absolute Gasteiger partial charge is 0.271 e. The average Bonchev–Trinajstić information content (AvgIpc) is 2.99. The Kier molecular flexibility index (Phi) is 5.39. The number of hydrogen-bond donors (Lipinski definition) is 2. The minimum atomic E-state index is -0.313. The number of aromatic nitrogens is 2. The van der Waals surface area contributed by atoms with Crippen molar-refractivity contribution in [3.8, 4) is 5.75 Å². The molecule has 6 nitrogen and oxygen atoms in total. The van der Waals surface area contributed by atoms with Crippen LogP contribution in [0.3, 0.4) is 0 Å². The van der Waals surface area contributed by atoms with Crippen LogP contribution in [0.25, 0.3) is 0 Å². The van der Waals surface area contributed by atoms with Gasteiger partial charge in [-0.25, -0.2) is 4.68 Å². The van der Waals surface area contributed by atoms with Crippen molar-refractivity contribution in [2.75, 3.05) is 13.2 Å². The Morgan fingerprint density at radius 2 is 1.96 bits per heavy atom. The van der Waals surface area contributed by atoms with Gasteiger partial charge in [-0.15, -0.1) is 0 Å². The number of carbonyl (C=O) groups is 1. The van der Waals surface area contributed by atoms with Crippen molar-refractivity contribution in [1.29, 1.82) is 0 Å². The summed E-state index contributed by atoms with van der Waals surface area (Å²) in [5, 5.41) is 15.4. The first kappa shape index (κ1) is 17.0. The second-order valence-corrected chi connectivity index (χ2v) is 6.27. The van der Waals surface area contributed by atoms with E-state index in [2.05, 4.69) is 31.2 Å². The lowest BCUT2D eigenvalue weighted by atomic mass is 9.87. The van der Waals surface area contributed by atoms with Crippen molar-refractivity contribution in [1.82, 2.24) is 15.1 Å². The normalized spacial score (nSPS) is 11.3. The van der Waals surface area contributed by atoms with E-state index in [0.717, 1.165) is 5.75 Å². The van der Waals surface area contributed by atoms with E-state index in [1.807, 2.05) is 24.3 Å². The van der Waals surface area contributed by atoms with Gasteiger partial charge in [0.1, 0.15) is 11.4 Å². The number of rotatable bonds is 6. The molecule has 0 aliphatic carbocycles. The van der Waals surface area contributed by atoms with E-state index in [-0.39, 0.29) is 31.2 Å². The van der Waals surface area contributed by atoms with E-state index >= 15 is 0 Å². The minimum Gasteiger partial charge on any atom is -0.471 e. The lowest BCUT2D eigenvalue weighted by Crippen LogP contribution is -2.26. The third kappa shape index (κ3) is 4.82. The number of ether oxygens (including phenoxy) is 1. The molecule has 0 saturated heterocycles. The molecular formula is C17H23N3O3. The lowest BCUT2D eigenvalue weighted by molar-refractivity contribution is 0.0937. The Morgan fingerprint density at radius 1 is 1.26 bits per heavy atom. The Labute approximate surface area is 136 Å². The van der Waals surface area contributed by atoms with Crippen molar-refractivity contribution < 1.29 is 14.6 Å². The zero-order chi connectivity index (χ0) is 16.9. The van der Waals surface area contributed by atoms with Gasteiger partial charge in [-0.2, -0.15) is 5.10 Å².